The number of hydrogen-bond donors (Lipinski definition) is 1. The molecular formula is C18H31NO2. The van der Waals surface area contributed by atoms with E-state index in [0.717, 1.165) is 17.8 Å². The molecule has 4 bridgehead atoms. The second-order valence-electron chi connectivity index (χ2n) is 8.43. The van der Waals surface area contributed by atoms with Gasteiger partial charge in [-0.15, -0.1) is 0 Å². The predicted molar refractivity (Wildman–Crippen MR) is 84.2 cm³/mol. The van der Waals surface area contributed by atoms with Crippen molar-refractivity contribution in [1.82, 2.24) is 4.90 Å². The molecule has 3 nitrogen and oxygen atoms in total. The molecule has 4 fully saturated rings. The number of nitrogens with zero attached hydrogens (tertiary/aromatic N) is 1. The lowest BCUT2D eigenvalue weighted by atomic mass is 9.47. The van der Waals surface area contributed by atoms with Gasteiger partial charge in [0.25, 0.3) is 0 Å². The van der Waals surface area contributed by atoms with E-state index in [9.17, 15) is 4.79 Å². The van der Waals surface area contributed by atoms with Crippen LogP contribution in [-0.2, 0) is 4.79 Å². The molecule has 0 aromatic carbocycles. The first-order valence-corrected chi connectivity index (χ1v) is 8.87. The summed E-state index contributed by atoms with van der Waals surface area (Å²) in [6.07, 6.45) is 8.90. The van der Waals surface area contributed by atoms with Gasteiger partial charge >= 0.3 is 5.97 Å². The van der Waals surface area contributed by atoms with Gasteiger partial charge in [-0.05, 0) is 82.5 Å². The summed E-state index contributed by atoms with van der Waals surface area (Å²) in [7, 11) is 0. The Kier molecular flexibility index (Phi) is 4.06. The second kappa shape index (κ2) is 5.57. The molecule has 0 aliphatic heterocycles. The molecular weight excluding hydrogens is 262 g/mol. The topological polar surface area (TPSA) is 40.5 Å². The lowest BCUT2D eigenvalue weighted by Crippen LogP contribution is -2.57. The second-order valence-corrected chi connectivity index (χ2v) is 8.43. The predicted octanol–water partition coefficient (Wildman–Crippen LogP) is 3.78. The van der Waals surface area contributed by atoms with E-state index in [1.54, 1.807) is 0 Å². The average molecular weight is 293 g/mol. The van der Waals surface area contributed by atoms with E-state index in [1.165, 1.54) is 38.5 Å². The summed E-state index contributed by atoms with van der Waals surface area (Å²) < 4.78 is 0. The van der Waals surface area contributed by atoms with E-state index < -0.39 is 5.97 Å². The molecule has 0 spiro atoms. The molecule has 1 unspecified atom stereocenters. The maximum Gasteiger partial charge on any atom is 0.304 e. The summed E-state index contributed by atoms with van der Waals surface area (Å²) in [6, 6.07) is 0.970. The molecule has 0 saturated heterocycles. The molecule has 120 valence electrons. The van der Waals surface area contributed by atoms with Crippen molar-refractivity contribution in [2.45, 2.75) is 77.8 Å². The van der Waals surface area contributed by atoms with E-state index in [-0.39, 0.29) is 6.42 Å². The summed E-state index contributed by atoms with van der Waals surface area (Å²) in [5, 5.41) is 9.03. The summed E-state index contributed by atoms with van der Waals surface area (Å²) in [5.41, 5.74) is 0.484. The van der Waals surface area contributed by atoms with Crippen LogP contribution < -0.4 is 0 Å². The molecule has 4 aliphatic rings. The van der Waals surface area contributed by atoms with Crippen molar-refractivity contribution in [3.63, 3.8) is 0 Å². The monoisotopic (exact) mass is 293 g/mol. The molecule has 4 saturated carbocycles. The fourth-order valence-corrected chi connectivity index (χ4v) is 6.16. The van der Waals surface area contributed by atoms with E-state index in [1.807, 2.05) is 0 Å². The molecule has 0 heterocycles. The van der Waals surface area contributed by atoms with Crippen LogP contribution in [0.4, 0.5) is 0 Å². The number of rotatable bonds is 6. The number of carboxylic acids is 1. The molecule has 1 atom stereocenters. The maximum atomic E-state index is 11.0. The highest BCUT2D eigenvalue weighted by Crippen LogP contribution is 2.62. The zero-order valence-electron chi connectivity index (χ0n) is 13.8. The highest BCUT2D eigenvalue weighted by atomic mass is 16.4. The van der Waals surface area contributed by atoms with Crippen LogP contribution in [-0.4, -0.2) is 34.6 Å². The van der Waals surface area contributed by atoms with Crippen molar-refractivity contribution in [3.8, 4) is 0 Å². The van der Waals surface area contributed by atoms with Crippen LogP contribution in [0.5, 0.6) is 0 Å². The first-order chi connectivity index (χ1) is 9.89. The van der Waals surface area contributed by atoms with Crippen molar-refractivity contribution >= 4 is 5.97 Å². The number of hydrogen-bond acceptors (Lipinski definition) is 2. The number of aliphatic carboxylic acids is 1. The molecule has 0 amide bonds. The number of carboxylic acid groups (broad SMARTS) is 1. The molecule has 1 N–H and O–H groups in total. The molecule has 0 aromatic rings. The number of carbonyl (C=O) groups is 1. The molecule has 21 heavy (non-hydrogen) atoms. The zero-order valence-corrected chi connectivity index (χ0v) is 13.8. The Hall–Kier alpha value is -0.570. The van der Waals surface area contributed by atoms with Crippen LogP contribution in [0.2, 0.25) is 0 Å². The maximum absolute atomic E-state index is 11.0. The van der Waals surface area contributed by atoms with E-state index in [0.29, 0.717) is 24.0 Å². The summed E-state index contributed by atoms with van der Waals surface area (Å²) in [5.74, 6) is 2.23. The average Bonchev–Trinajstić information content (AvgIpc) is 2.36. The van der Waals surface area contributed by atoms with Gasteiger partial charge < -0.3 is 5.11 Å². The van der Waals surface area contributed by atoms with Crippen LogP contribution in [0.25, 0.3) is 0 Å². The minimum Gasteiger partial charge on any atom is -0.481 e. The largest absolute Gasteiger partial charge is 0.481 e. The smallest absolute Gasteiger partial charge is 0.304 e. The quantitative estimate of drug-likeness (QED) is 0.810. The Morgan fingerprint density at radius 3 is 1.95 bits per heavy atom. The Morgan fingerprint density at radius 2 is 1.57 bits per heavy atom. The Morgan fingerprint density at radius 1 is 1.10 bits per heavy atom. The van der Waals surface area contributed by atoms with Gasteiger partial charge in [-0.3, -0.25) is 9.69 Å². The minimum absolute atomic E-state index is 0.273. The van der Waals surface area contributed by atoms with Gasteiger partial charge in [0.2, 0.25) is 0 Å². The standard InChI is InChI=1S/C18H31NO2/c1-12(2)19(5-4-17(20)21)13(3)18-9-14-6-15(10-18)8-16(7-14)11-18/h12-16H,4-11H2,1-3H3,(H,20,21). The van der Waals surface area contributed by atoms with Gasteiger partial charge in [-0.25, -0.2) is 0 Å². The van der Waals surface area contributed by atoms with Gasteiger partial charge in [0.15, 0.2) is 0 Å². The Bertz CT molecular complexity index is 369. The van der Waals surface area contributed by atoms with Crippen molar-refractivity contribution in [3.05, 3.63) is 0 Å². The molecule has 4 aliphatic carbocycles. The normalized spacial score (nSPS) is 39.2. The van der Waals surface area contributed by atoms with Crippen LogP contribution in [0, 0.1) is 23.2 Å². The van der Waals surface area contributed by atoms with Crippen molar-refractivity contribution in [2.75, 3.05) is 6.54 Å². The molecule has 0 aromatic heterocycles. The molecule has 3 heteroatoms. The highest BCUT2D eigenvalue weighted by molar-refractivity contribution is 5.66. The minimum atomic E-state index is -0.668. The van der Waals surface area contributed by atoms with Crippen LogP contribution in [0.1, 0.15) is 65.7 Å². The first-order valence-electron chi connectivity index (χ1n) is 8.87. The third-order valence-electron chi connectivity index (χ3n) is 6.72. The van der Waals surface area contributed by atoms with Gasteiger partial charge in [0.1, 0.15) is 0 Å². The lowest BCUT2D eigenvalue weighted by molar-refractivity contribution is -0.138. The van der Waals surface area contributed by atoms with Gasteiger partial charge in [0, 0.05) is 18.6 Å². The van der Waals surface area contributed by atoms with Crippen LogP contribution in [0.3, 0.4) is 0 Å². The fraction of sp³-hybridized carbons (Fsp3) is 0.944. The van der Waals surface area contributed by atoms with Gasteiger partial charge in [-0.2, -0.15) is 0 Å². The van der Waals surface area contributed by atoms with Crippen LogP contribution >= 0.6 is 0 Å². The van der Waals surface area contributed by atoms with Crippen molar-refractivity contribution < 1.29 is 9.90 Å². The van der Waals surface area contributed by atoms with Crippen LogP contribution in [0.15, 0.2) is 0 Å². The van der Waals surface area contributed by atoms with Crippen molar-refractivity contribution in [2.24, 2.45) is 23.2 Å². The lowest BCUT2D eigenvalue weighted by Gasteiger charge is -2.61. The third-order valence-corrected chi connectivity index (χ3v) is 6.72. The van der Waals surface area contributed by atoms with Gasteiger partial charge in [0.05, 0.1) is 6.42 Å². The van der Waals surface area contributed by atoms with Gasteiger partial charge in [-0.1, -0.05) is 0 Å². The Labute approximate surface area is 129 Å². The highest BCUT2D eigenvalue weighted by Gasteiger charge is 2.54. The zero-order chi connectivity index (χ0) is 15.2. The summed E-state index contributed by atoms with van der Waals surface area (Å²) >= 11 is 0. The summed E-state index contributed by atoms with van der Waals surface area (Å²) in [6.45, 7) is 7.53. The first kappa shape index (κ1) is 15.3. The summed E-state index contributed by atoms with van der Waals surface area (Å²) in [4.78, 5) is 13.4. The van der Waals surface area contributed by atoms with E-state index >= 15 is 0 Å². The fourth-order valence-electron chi connectivity index (χ4n) is 6.16. The van der Waals surface area contributed by atoms with E-state index in [4.69, 9.17) is 5.11 Å². The van der Waals surface area contributed by atoms with E-state index in [2.05, 4.69) is 25.7 Å². The third kappa shape index (κ3) is 2.86. The van der Waals surface area contributed by atoms with Crippen molar-refractivity contribution in [1.29, 1.82) is 0 Å². The molecule has 4 rings (SSSR count). The molecule has 0 radical (unpaired) electrons. The Balaban J connectivity index is 1.75. The SMILES string of the molecule is CC(C)N(CCC(=O)O)C(C)C12CC3CC(CC(C3)C1)C2.